The van der Waals surface area contributed by atoms with Crippen LogP contribution in [0.5, 0.6) is 0 Å². The zero-order valence-corrected chi connectivity index (χ0v) is 67.1. The second-order valence-electron chi connectivity index (χ2n) is 32.5. The van der Waals surface area contributed by atoms with E-state index in [1.54, 1.807) is 0 Å². The predicted octanol–water partition coefficient (Wildman–Crippen LogP) is -23.8. The van der Waals surface area contributed by atoms with Crippen molar-refractivity contribution in [2.45, 2.75) is 350 Å². The van der Waals surface area contributed by atoms with E-state index in [2.05, 4.69) is 0 Å². The highest BCUT2D eigenvalue weighted by atomic mass is 16.8. The summed E-state index contributed by atoms with van der Waals surface area (Å²) in [5.41, 5.74) is 0. The summed E-state index contributed by atoms with van der Waals surface area (Å²) in [6.07, 6.45) is -119. The number of rotatable bonds is 31. The Morgan fingerprint density at radius 3 is 0.869 bits per heavy atom. The summed E-state index contributed by atoms with van der Waals surface area (Å²) in [6, 6.07) is 0. The number of aliphatic hydroxyl groups excluding tert-OH is 30. The van der Waals surface area contributed by atoms with Gasteiger partial charge in [0.25, 0.3) is 5.79 Å². The quantitative estimate of drug-likeness (QED) is 0.0306. The van der Waals surface area contributed by atoms with E-state index < -0.39 is 420 Å². The van der Waals surface area contributed by atoms with E-state index >= 15 is 0 Å². The van der Waals surface area contributed by atoms with E-state index in [9.17, 15) is 193 Å². The first-order valence-corrected chi connectivity index (χ1v) is 40.2. The molecule has 0 radical (unpaired) electrons. The van der Waals surface area contributed by atoms with Crippen molar-refractivity contribution in [2.75, 3.05) is 52.9 Å². The topological polar surface area (TPSA) is 968 Å². The molecule has 0 aromatic carbocycles. The highest BCUT2D eigenvalue weighted by molar-refractivity contribution is 5.75. The minimum absolute atomic E-state index is 0.467. The van der Waals surface area contributed by atoms with Crippen molar-refractivity contribution in [3.8, 4) is 0 Å². The van der Waals surface area contributed by atoms with Gasteiger partial charge >= 0.3 is 23.9 Å². The molecular weight excluding hydrogens is 1800 g/mol. The van der Waals surface area contributed by atoms with E-state index in [0.29, 0.717) is 0 Å². The number of carbonyl (C=O) groups is 4. The molecule has 0 bridgehead atoms. The third-order valence-corrected chi connectivity index (χ3v) is 23.9. The number of carboxylic acids is 4. The van der Waals surface area contributed by atoms with E-state index in [4.69, 9.17) is 109 Å². The van der Waals surface area contributed by atoms with Gasteiger partial charge in [-0.05, 0) is 0 Å². The Morgan fingerprint density at radius 1 is 0.262 bits per heavy atom. The van der Waals surface area contributed by atoms with Crippen molar-refractivity contribution in [2.24, 2.45) is 0 Å². The fourth-order valence-corrected chi connectivity index (χ4v) is 16.2. The van der Waals surface area contributed by atoms with Gasteiger partial charge in [-0.1, -0.05) is 0 Å². The molecule has 0 amide bonds. The van der Waals surface area contributed by atoms with Crippen molar-refractivity contribution >= 4 is 23.9 Å². The summed E-state index contributed by atoms with van der Waals surface area (Å²) >= 11 is 0. The number of hydrogen-bond acceptors (Lipinski definition) is 57. The lowest BCUT2D eigenvalue weighted by Gasteiger charge is -2.49. The van der Waals surface area contributed by atoms with Gasteiger partial charge in [0.2, 0.25) is 0 Å². The molecule has 12 saturated heterocycles. The maximum atomic E-state index is 12.9. The zero-order chi connectivity index (χ0) is 95.5. The molecule has 0 spiro atoms. The smallest absolute Gasteiger partial charge is 0.364 e. The van der Waals surface area contributed by atoms with E-state index in [0.717, 1.165) is 6.92 Å². The average molecular weight is 1910 g/mol. The summed E-state index contributed by atoms with van der Waals surface area (Å²) in [7, 11) is 0. The highest BCUT2D eigenvalue weighted by Crippen LogP contribution is 2.41. The van der Waals surface area contributed by atoms with Crippen molar-refractivity contribution in [3.63, 3.8) is 0 Å². The van der Waals surface area contributed by atoms with Crippen molar-refractivity contribution in [3.05, 3.63) is 0 Å². The monoisotopic (exact) mass is 1910 g/mol. The van der Waals surface area contributed by atoms with Gasteiger partial charge in [0.05, 0.1) is 52.9 Å². The fraction of sp³-hybridized carbons (Fsp3) is 0.942. The Balaban J connectivity index is 0.616. The lowest BCUT2D eigenvalue weighted by atomic mass is 9.95. The summed E-state index contributed by atoms with van der Waals surface area (Å²) in [6.45, 7) is -6.91. The molecule has 0 saturated carbocycles. The Labute approximate surface area is 727 Å². The molecule has 61 heteroatoms. The molecule has 0 aliphatic carbocycles. The van der Waals surface area contributed by atoms with Crippen LogP contribution in [-0.2, 0) is 128 Å². The van der Waals surface area contributed by atoms with E-state index in [1.807, 2.05) is 0 Å². The minimum Gasteiger partial charge on any atom is -0.479 e. The first-order chi connectivity index (χ1) is 61.2. The molecule has 12 aliphatic heterocycles. The molecule has 0 aromatic rings. The highest BCUT2D eigenvalue weighted by Gasteiger charge is 2.63. The SMILES string of the molecule is CC1(C(=O)O)OC[C@H]2O[C@@H](OC[C@H]3O[C@@H](OC[C@H]4O[C@@H](OC[C@H]5O[C@H](O[C@H]6[C@H](O)[C@@H](O)[C@H](O[C@H]7[C@H](O)[C@@H](O)[C@H](O[C@H]8[C@H](O)[C@@H](O)[C@H](OC[C@H]9OC(O)[C@H](O)[C@@H](O)[C@@H]9O[C@@H]9O[C@H](CO)[C@@H](O[C@@H]%10O[C@H](C(=O)O)[C@@H](O[C@@H]%11O[C@H](C(=O)O)[C@@H](O)[C@H](O)[C@H]%11O)[C@H](O)[C@H]%10O)[C@H](O)[C@H]9O)O[C@@H]8CO)O[C@@H]7CO)O[C@@H]6C(=O)O)[C@H](O)[C@@H](O)[C@H]5O)[C@H](O)[C@@H](O)[C@@H]4O)[C@H](O)[C@@H](O)[C@H]3O)[C@H](O)[C@@H](O)[C@H]2O1. The Morgan fingerprint density at radius 2 is 0.515 bits per heavy atom. The Kier molecular flexibility index (Phi) is 35.0. The van der Waals surface area contributed by atoms with Crippen molar-refractivity contribution in [1.82, 2.24) is 0 Å². The Bertz CT molecular complexity index is 3640. The van der Waals surface area contributed by atoms with Crippen LogP contribution < -0.4 is 0 Å². The number of fused-ring (bicyclic) bond motifs is 1. The third-order valence-electron chi connectivity index (χ3n) is 23.9. The Hall–Kier alpha value is -4.24. The first kappa shape index (κ1) is 105. The number of aliphatic carboxylic acids is 4. The molecule has 750 valence electrons. The van der Waals surface area contributed by atoms with Crippen LogP contribution >= 0.6 is 0 Å². The van der Waals surface area contributed by atoms with Crippen LogP contribution in [0.25, 0.3) is 0 Å². The van der Waals surface area contributed by atoms with Gasteiger partial charge < -0.3 is 283 Å². The van der Waals surface area contributed by atoms with Crippen LogP contribution in [-0.4, -0.2) is 594 Å². The molecule has 61 nitrogen and oxygen atoms in total. The van der Waals surface area contributed by atoms with Gasteiger partial charge in [-0.15, -0.1) is 0 Å². The number of carboxylic acid groups (broad SMARTS) is 4. The molecular formula is C69H108O61. The summed E-state index contributed by atoms with van der Waals surface area (Å²) in [5, 5.41) is 368. The van der Waals surface area contributed by atoms with Crippen LogP contribution in [0.3, 0.4) is 0 Å². The molecule has 56 atom stereocenters. The van der Waals surface area contributed by atoms with Crippen molar-refractivity contribution < 1.29 is 302 Å². The molecule has 12 aliphatic rings. The van der Waals surface area contributed by atoms with E-state index in [1.165, 1.54) is 0 Å². The van der Waals surface area contributed by atoms with Gasteiger partial charge in [0.15, 0.2) is 87.5 Å². The van der Waals surface area contributed by atoms with Gasteiger partial charge in [-0.25, -0.2) is 19.2 Å². The van der Waals surface area contributed by atoms with Crippen LogP contribution in [0.4, 0.5) is 0 Å². The second kappa shape index (κ2) is 43.4. The van der Waals surface area contributed by atoms with E-state index in [-0.39, 0.29) is 0 Å². The number of ether oxygens (including phenoxy) is 23. The second-order valence-corrected chi connectivity index (χ2v) is 32.5. The standard InChI is InChI=1S/C69H108O61/c1-69(68(106)107)112-9-17-48(130-69)30(85)39(94)61(120-17)110-6-14-19(74)22(77)34(89)58(118-14)108-5-13-18(73)21(76)35(90)59(117-13)109-7-15-20(75)23(78)36(91)62(119-15)125-49-31(86)42(97)66(128-52(49)55(101)102)122-45-11(3-71)115-63(40(95)28(45)83)121-44-10(2-70)114-60(38(93)27(44)82)111-8-16-47(26(81)33(88)57(105)113-16)124-64-41(96)29(84)46(12(4-72)116-64)123-67-43(98)32(87)50(53(129-67)56(103)104)126-65-37(92)24(79)25(80)51(127-65)54(99)100/h10-53,57-67,70-98,105H,2-9H2,1H3,(H,99,100)(H,101,102)(H,103,104)(H,106,107)/t10-,11-,12-,13-,14-,15-,16-,17-,18-,19+,20+,21+,22+,23+,24+,25+,26-,27-,28-,29-,30-,31-,32-,33-,34-,35-,36-,37-,38-,39-,40-,41-,42-,43-,44-,45-,46-,47-,48+,49+,50+,51+,52+,53+,57?,58-,59-,60-,61-,62-,63+,64+,65-,66-,67-,69?/m1/s1. The third kappa shape index (κ3) is 21.5. The van der Waals surface area contributed by atoms with Crippen LogP contribution in [0.15, 0.2) is 0 Å². The average Bonchev–Trinajstić information content (AvgIpc) is 0.771. The predicted molar refractivity (Wildman–Crippen MR) is 378 cm³/mol. The maximum absolute atomic E-state index is 12.9. The lowest BCUT2D eigenvalue weighted by molar-refractivity contribution is -0.390. The summed E-state index contributed by atoms with van der Waals surface area (Å²) in [5.74, 6) is -9.70. The van der Waals surface area contributed by atoms with Gasteiger partial charge in [-0.3, -0.25) is 0 Å². The lowest BCUT2D eigenvalue weighted by Crippen LogP contribution is -2.68. The minimum atomic E-state index is -2.55. The molecule has 34 N–H and O–H groups in total. The van der Waals surface area contributed by atoms with Crippen LogP contribution in [0.1, 0.15) is 6.92 Å². The number of aliphatic hydroxyl groups is 30. The van der Waals surface area contributed by atoms with Crippen LogP contribution in [0.2, 0.25) is 0 Å². The van der Waals surface area contributed by atoms with Gasteiger partial charge in [0, 0.05) is 6.92 Å². The fourth-order valence-electron chi connectivity index (χ4n) is 16.2. The molecule has 2 unspecified atom stereocenters. The van der Waals surface area contributed by atoms with Crippen molar-refractivity contribution in [1.29, 1.82) is 0 Å². The zero-order valence-electron chi connectivity index (χ0n) is 67.1. The normalized spacial score (nSPS) is 52.7. The molecule has 12 fully saturated rings. The van der Waals surface area contributed by atoms with Gasteiger partial charge in [-0.2, -0.15) is 0 Å². The first-order valence-electron chi connectivity index (χ1n) is 40.2. The molecule has 0 aromatic heterocycles. The summed E-state index contributed by atoms with van der Waals surface area (Å²) < 4.78 is 127. The van der Waals surface area contributed by atoms with Gasteiger partial charge in [0.1, 0.15) is 250 Å². The molecule has 130 heavy (non-hydrogen) atoms. The molecule has 12 heterocycles. The maximum Gasteiger partial charge on any atom is 0.364 e. The van der Waals surface area contributed by atoms with Crippen LogP contribution in [0, 0.1) is 0 Å². The number of hydrogen-bond donors (Lipinski definition) is 34. The molecule has 12 rings (SSSR count). The largest absolute Gasteiger partial charge is 0.479 e. The summed E-state index contributed by atoms with van der Waals surface area (Å²) in [4.78, 5) is 48.7.